The normalized spacial score (nSPS) is 14.7. The molecule has 34 heavy (non-hydrogen) atoms. The van der Waals surface area contributed by atoms with Crippen LogP contribution in [0.1, 0.15) is 0 Å². The second kappa shape index (κ2) is 8.93. The molecule has 1 saturated heterocycles. The Bertz CT molecular complexity index is 1380. The first kappa shape index (κ1) is 20.9. The number of ether oxygens (including phenoxy) is 1. The van der Waals surface area contributed by atoms with Gasteiger partial charge >= 0.3 is 0 Å². The van der Waals surface area contributed by atoms with Crippen LogP contribution in [-0.4, -0.2) is 82.1 Å². The van der Waals surface area contributed by atoms with Crippen LogP contribution in [0, 0.1) is 0 Å². The molecule has 11 nitrogen and oxygen atoms in total. The lowest BCUT2D eigenvalue weighted by Gasteiger charge is -2.26. The molecule has 0 spiro atoms. The smallest absolute Gasteiger partial charge is 0.272 e. The summed E-state index contributed by atoms with van der Waals surface area (Å²) in [6, 6.07) is 13.1. The zero-order valence-electron chi connectivity index (χ0n) is 18.2. The van der Waals surface area contributed by atoms with E-state index in [0.29, 0.717) is 34.0 Å². The lowest BCUT2D eigenvalue weighted by molar-refractivity contribution is 0.0359. The Kier molecular flexibility index (Phi) is 5.49. The molecule has 5 aromatic rings. The van der Waals surface area contributed by atoms with Gasteiger partial charge < -0.3 is 4.74 Å². The average Bonchev–Trinajstić information content (AvgIpc) is 3.61. The van der Waals surface area contributed by atoms with E-state index >= 15 is 0 Å². The molecule has 172 valence electrons. The third kappa shape index (κ3) is 4.16. The van der Waals surface area contributed by atoms with Crippen LogP contribution < -0.4 is 0 Å². The summed E-state index contributed by atoms with van der Waals surface area (Å²) >= 11 is 6.06. The lowest BCUT2D eigenvalue weighted by atomic mass is 10.2. The van der Waals surface area contributed by atoms with E-state index in [9.17, 15) is 0 Å². The number of aromatic nitrogens is 9. The van der Waals surface area contributed by atoms with E-state index in [1.165, 1.54) is 0 Å². The maximum atomic E-state index is 6.06. The van der Waals surface area contributed by atoms with Crippen molar-refractivity contribution in [3.63, 3.8) is 0 Å². The van der Waals surface area contributed by atoms with Crippen molar-refractivity contribution in [1.29, 1.82) is 0 Å². The summed E-state index contributed by atoms with van der Waals surface area (Å²) in [5, 5.41) is 18.6. The number of hydrogen-bond donors (Lipinski definition) is 0. The van der Waals surface area contributed by atoms with E-state index < -0.39 is 0 Å². The van der Waals surface area contributed by atoms with Gasteiger partial charge in [0.2, 0.25) is 0 Å². The largest absolute Gasteiger partial charge is 0.379 e. The van der Waals surface area contributed by atoms with Crippen LogP contribution in [0.2, 0.25) is 5.02 Å². The molecular formula is C22H21ClN10O. The van der Waals surface area contributed by atoms with Crippen LogP contribution in [0.4, 0.5) is 0 Å². The van der Waals surface area contributed by atoms with Gasteiger partial charge in [0.25, 0.3) is 5.95 Å². The van der Waals surface area contributed by atoms with Crippen molar-refractivity contribution in [3.8, 4) is 28.9 Å². The fraction of sp³-hybridized carbons (Fsp3) is 0.273. The zero-order valence-corrected chi connectivity index (χ0v) is 19.0. The molecule has 6 rings (SSSR count). The Hall–Kier alpha value is -3.67. The third-order valence-electron chi connectivity index (χ3n) is 5.65. The van der Waals surface area contributed by atoms with Gasteiger partial charge in [0.1, 0.15) is 0 Å². The van der Waals surface area contributed by atoms with Gasteiger partial charge in [0, 0.05) is 36.4 Å². The summed E-state index contributed by atoms with van der Waals surface area (Å²) in [7, 11) is 0. The van der Waals surface area contributed by atoms with Gasteiger partial charge in [-0.05, 0) is 36.4 Å². The van der Waals surface area contributed by atoms with Crippen molar-refractivity contribution in [2.45, 2.75) is 6.54 Å². The van der Waals surface area contributed by atoms with Crippen LogP contribution in [0.25, 0.3) is 34.5 Å². The van der Waals surface area contributed by atoms with E-state index in [-0.39, 0.29) is 0 Å². The first-order valence-electron chi connectivity index (χ1n) is 11.0. The highest BCUT2D eigenvalue weighted by Crippen LogP contribution is 2.24. The van der Waals surface area contributed by atoms with Crippen molar-refractivity contribution >= 4 is 17.2 Å². The SMILES string of the molecule is Clc1ccc(-c2nc(-c3cn(CCN4CCOCC4)nn3)n(-c3nc4ccccn4n3)n2)cc1. The van der Waals surface area contributed by atoms with E-state index in [1.54, 1.807) is 9.20 Å². The molecule has 0 amide bonds. The zero-order chi connectivity index (χ0) is 22.9. The molecule has 0 N–H and O–H groups in total. The van der Waals surface area contributed by atoms with Crippen LogP contribution in [0.5, 0.6) is 0 Å². The molecule has 1 aromatic carbocycles. The van der Waals surface area contributed by atoms with Crippen molar-refractivity contribution in [2.75, 3.05) is 32.8 Å². The fourth-order valence-corrected chi connectivity index (χ4v) is 3.95. The van der Waals surface area contributed by atoms with Gasteiger partial charge in [-0.3, -0.25) is 9.58 Å². The van der Waals surface area contributed by atoms with Gasteiger partial charge in [-0.1, -0.05) is 22.9 Å². The predicted molar refractivity (Wildman–Crippen MR) is 125 cm³/mol. The number of nitrogens with zero attached hydrogens (tertiary/aromatic N) is 10. The molecule has 0 bridgehead atoms. The maximum Gasteiger partial charge on any atom is 0.272 e. The first-order valence-corrected chi connectivity index (χ1v) is 11.4. The molecule has 0 unspecified atom stereocenters. The number of hydrogen-bond acceptors (Lipinski definition) is 8. The predicted octanol–water partition coefficient (Wildman–Crippen LogP) is 2.22. The molecule has 1 aliphatic heterocycles. The van der Waals surface area contributed by atoms with Gasteiger partial charge in [-0.2, -0.15) is 9.67 Å². The van der Waals surface area contributed by atoms with Crippen molar-refractivity contribution in [3.05, 3.63) is 59.9 Å². The van der Waals surface area contributed by atoms with E-state index in [4.69, 9.17) is 26.4 Å². The Balaban J connectivity index is 1.36. The minimum absolute atomic E-state index is 0.400. The van der Waals surface area contributed by atoms with Gasteiger partial charge in [0.15, 0.2) is 23.0 Å². The van der Waals surface area contributed by atoms with Crippen LogP contribution in [0.3, 0.4) is 0 Å². The highest BCUT2D eigenvalue weighted by Gasteiger charge is 2.21. The molecule has 5 heterocycles. The highest BCUT2D eigenvalue weighted by atomic mass is 35.5. The Morgan fingerprint density at radius 2 is 1.79 bits per heavy atom. The molecule has 0 radical (unpaired) electrons. The quantitative estimate of drug-likeness (QED) is 0.367. The van der Waals surface area contributed by atoms with Crippen LogP contribution in [0.15, 0.2) is 54.9 Å². The summed E-state index contributed by atoms with van der Waals surface area (Å²) in [5.74, 6) is 1.43. The Morgan fingerprint density at radius 3 is 2.62 bits per heavy atom. The second-order valence-corrected chi connectivity index (χ2v) is 8.35. The molecule has 12 heteroatoms. The number of morpholine rings is 1. The summed E-state index contributed by atoms with van der Waals surface area (Å²) in [6.07, 6.45) is 3.72. The maximum absolute atomic E-state index is 6.06. The van der Waals surface area contributed by atoms with E-state index in [2.05, 4.69) is 25.3 Å². The monoisotopic (exact) mass is 476 g/mol. The number of halogens is 1. The van der Waals surface area contributed by atoms with Crippen molar-refractivity contribution in [1.82, 2.24) is 49.3 Å². The average molecular weight is 477 g/mol. The third-order valence-corrected chi connectivity index (χ3v) is 5.90. The molecule has 0 saturated carbocycles. The lowest BCUT2D eigenvalue weighted by Crippen LogP contribution is -2.38. The summed E-state index contributed by atoms with van der Waals surface area (Å²) in [5.41, 5.74) is 2.13. The number of rotatable bonds is 6. The minimum atomic E-state index is 0.400. The van der Waals surface area contributed by atoms with Gasteiger partial charge in [-0.25, -0.2) is 9.50 Å². The van der Waals surface area contributed by atoms with Crippen LogP contribution in [-0.2, 0) is 11.3 Å². The van der Waals surface area contributed by atoms with E-state index in [1.807, 2.05) is 59.5 Å². The Labute approximate surface area is 199 Å². The van der Waals surface area contributed by atoms with Crippen molar-refractivity contribution in [2.24, 2.45) is 0 Å². The fourth-order valence-electron chi connectivity index (χ4n) is 3.83. The molecule has 1 aliphatic rings. The highest BCUT2D eigenvalue weighted by molar-refractivity contribution is 6.30. The molecular weight excluding hydrogens is 456 g/mol. The summed E-state index contributed by atoms with van der Waals surface area (Å²) in [6.45, 7) is 5.00. The molecule has 0 atom stereocenters. The summed E-state index contributed by atoms with van der Waals surface area (Å²) < 4.78 is 10.5. The number of pyridine rings is 1. The van der Waals surface area contributed by atoms with Gasteiger partial charge in [0.05, 0.1) is 26.0 Å². The topological polar surface area (TPSA) is 104 Å². The molecule has 0 aliphatic carbocycles. The van der Waals surface area contributed by atoms with Crippen molar-refractivity contribution < 1.29 is 4.74 Å². The van der Waals surface area contributed by atoms with Crippen LogP contribution >= 0.6 is 11.6 Å². The van der Waals surface area contributed by atoms with Gasteiger partial charge in [-0.15, -0.1) is 15.3 Å². The summed E-state index contributed by atoms with van der Waals surface area (Å²) in [4.78, 5) is 11.7. The minimum Gasteiger partial charge on any atom is -0.379 e. The molecule has 1 fully saturated rings. The Morgan fingerprint density at radius 1 is 0.941 bits per heavy atom. The standard InChI is InChI=1S/C22H21ClN10O/c23-17-6-4-16(5-7-17)20-25-21(33(27-20)22-24-19-3-1-2-8-32(19)28-22)18-15-31(29-26-18)10-9-30-11-13-34-14-12-30/h1-8,15H,9-14H2. The first-order chi connectivity index (χ1) is 16.7. The second-order valence-electron chi connectivity index (χ2n) is 7.91. The number of benzene rings is 1. The molecule has 4 aromatic heterocycles. The van der Waals surface area contributed by atoms with E-state index in [0.717, 1.165) is 45.0 Å². The number of fused-ring (bicyclic) bond motifs is 1.